The van der Waals surface area contributed by atoms with E-state index in [1.54, 1.807) is 18.2 Å². The van der Waals surface area contributed by atoms with Gasteiger partial charge in [0.1, 0.15) is 12.4 Å². The number of benzene rings is 2. The molecule has 0 saturated carbocycles. The molecule has 23 heavy (non-hydrogen) atoms. The lowest BCUT2D eigenvalue weighted by Crippen LogP contribution is -2.09. The predicted molar refractivity (Wildman–Crippen MR) is 83.0 cm³/mol. The first-order valence-corrected chi connectivity index (χ1v) is 8.38. The summed E-state index contributed by atoms with van der Waals surface area (Å²) in [5, 5.41) is 19.7. The van der Waals surface area contributed by atoms with Crippen LogP contribution in [0.1, 0.15) is 5.56 Å². The normalized spacial score (nSPS) is 11.2. The van der Waals surface area contributed by atoms with Crippen molar-refractivity contribution in [1.29, 1.82) is 0 Å². The Morgan fingerprint density at radius 2 is 1.83 bits per heavy atom. The predicted octanol–water partition coefficient (Wildman–Crippen LogP) is 1.94. The van der Waals surface area contributed by atoms with Crippen molar-refractivity contribution in [3.63, 3.8) is 0 Å². The molecule has 0 radical (unpaired) electrons. The average molecular weight is 337 g/mol. The van der Waals surface area contributed by atoms with E-state index in [1.165, 1.54) is 30.3 Å². The third kappa shape index (κ3) is 4.27. The Hall–Kier alpha value is -2.45. The van der Waals surface area contributed by atoms with Crippen LogP contribution in [0.4, 0.5) is 5.69 Å². The Balaban J connectivity index is 2.39. The molecule has 0 saturated heterocycles. The SMILES string of the molecule is O=[N+]([O-])c1ccc(OCCO)c(CS(=O)(=O)c2ccccc2)c1. The Morgan fingerprint density at radius 1 is 1.13 bits per heavy atom. The Bertz CT molecular complexity index is 789. The molecular weight excluding hydrogens is 322 g/mol. The topological polar surface area (TPSA) is 107 Å². The van der Waals surface area contributed by atoms with Gasteiger partial charge < -0.3 is 9.84 Å². The van der Waals surface area contributed by atoms with Crippen LogP contribution in [0.25, 0.3) is 0 Å². The lowest BCUT2D eigenvalue weighted by molar-refractivity contribution is -0.384. The molecule has 0 aliphatic rings. The van der Waals surface area contributed by atoms with Crippen LogP contribution >= 0.6 is 0 Å². The number of nitro benzene ring substituents is 1. The second-order valence-corrected chi connectivity index (χ2v) is 6.68. The van der Waals surface area contributed by atoms with Crippen LogP contribution < -0.4 is 4.74 Å². The average Bonchev–Trinajstić information content (AvgIpc) is 2.54. The highest BCUT2D eigenvalue weighted by Crippen LogP contribution is 2.28. The molecule has 2 rings (SSSR count). The van der Waals surface area contributed by atoms with Gasteiger partial charge in [-0.25, -0.2) is 8.42 Å². The molecule has 0 spiro atoms. The first kappa shape index (κ1) is 16.9. The summed E-state index contributed by atoms with van der Waals surface area (Å²) < 4.78 is 30.1. The van der Waals surface area contributed by atoms with Crippen molar-refractivity contribution in [1.82, 2.24) is 0 Å². The van der Waals surface area contributed by atoms with E-state index in [-0.39, 0.29) is 35.1 Å². The van der Waals surface area contributed by atoms with Gasteiger partial charge in [0.05, 0.1) is 22.2 Å². The van der Waals surface area contributed by atoms with Gasteiger partial charge in [-0.2, -0.15) is 0 Å². The molecule has 122 valence electrons. The van der Waals surface area contributed by atoms with E-state index < -0.39 is 20.5 Å². The quantitative estimate of drug-likeness (QED) is 0.611. The minimum Gasteiger partial charge on any atom is -0.491 e. The van der Waals surface area contributed by atoms with Crippen molar-refractivity contribution in [3.8, 4) is 5.75 Å². The number of hydrogen-bond donors (Lipinski definition) is 1. The van der Waals surface area contributed by atoms with Gasteiger partial charge in [-0.05, 0) is 18.2 Å². The largest absolute Gasteiger partial charge is 0.491 e. The first-order chi connectivity index (χ1) is 10.9. The zero-order valence-electron chi connectivity index (χ0n) is 12.1. The van der Waals surface area contributed by atoms with E-state index in [9.17, 15) is 18.5 Å². The second-order valence-electron chi connectivity index (χ2n) is 4.69. The van der Waals surface area contributed by atoms with Crippen LogP contribution in [-0.2, 0) is 15.6 Å². The Kier molecular flexibility index (Phi) is 5.30. The number of aliphatic hydroxyl groups excluding tert-OH is 1. The highest BCUT2D eigenvalue weighted by Gasteiger charge is 2.20. The van der Waals surface area contributed by atoms with Gasteiger partial charge in [-0.15, -0.1) is 0 Å². The number of rotatable bonds is 7. The minimum atomic E-state index is -3.67. The van der Waals surface area contributed by atoms with Crippen molar-refractivity contribution in [2.45, 2.75) is 10.6 Å². The molecule has 1 N–H and O–H groups in total. The van der Waals surface area contributed by atoms with E-state index in [0.29, 0.717) is 0 Å². The number of non-ortho nitro benzene ring substituents is 1. The van der Waals surface area contributed by atoms with E-state index in [0.717, 1.165) is 0 Å². The Morgan fingerprint density at radius 3 is 2.43 bits per heavy atom. The number of hydrogen-bond acceptors (Lipinski definition) is 6. The van der Waals surface area contributed by atoms with Crippen molar-refractivity contribution >= 4 is 15.5 Å². The molecular formula is C15H15NO6S. The van der Waals surface area contributed by atoms with Crippen molar-refractivity contribution < 1.29 is 23.2 Å². The maximum atomic E-state index is 12.4. The molecule has 0 bridgehead atoms. The summed E-state index contributed by atoms with van der Waals surface area (Å²) in [5.41, 5.74) is -0.0453. The maximum Gasteiger partial charge on any atom is 0.270 e. The van der Waals surface area contributed by atoms with Gasteiger partial charge in [0.2, 0.25) is 0 Å². The molecule has 0 aliphatic heterocycles. The lowest BCUT2D eigenvalue weighted by atomic mass is 10.2. The molecule has 0 aromatic heterocycles. The highest BCUT2D eigenvalue weighted by atomic mass is 32.2. The Labute approximate surface area is 133 Å². The summed E-state index contributed by atoms with van der Waals surface area (Å²) in [6, 6.07) is 11.6. The molecule has 0 atom stereocenters. The van der Waals surface area contributed by atoms with E-state index in [2.05, 4.69) is 0 Å². The molecule has 0 fully saturated rings. The third-order valence-electron chi connectivity index (χ3n) is 3.05. The van der Waals surface area contributed by atoms with Crippen LogP contribution in [0.3, 0.4) is 0 Å². The molecule has 0 amide bonds. The zero-order chi connectivity index (χ0) is 16.9. The van der Waals surface area contributed by atoms with Gasteiger partial charge in [0.25, 0.3) is 5.69 Å². The van der Waals surface area contributed by atoms with E-state index in [1.807, 2.05) is 0 Å². The summed E-state index contributed by atoms with van der Waals surface area (Å²) in [5.74, 6) is -0.233. The fourth-order valence-electron chi connectivity index (χ4n) is 2.00. The van der Waals surface area contributed by atoms with Crippen LogP contribution in [-0.4, -0.2) is 31.7 Å². The van der Waals surface area contributed by atoms with Gasteiger partial charge in [-0.1, -0.05) is 18.2 Å². The number of nitrogens with zero attached hydrogens (tertiary/aromatic N) is 1. The van der Waals surface area contributed by atoms with E-state index in [4.69, 9.17) is 9.84 Å². The number of sulfone groups is 1. The molecule has 0 heterocycles. The number of aliphatic hydroxyl groups is 1. The highest BCUT2D eigenvalue weighted by molar-refractivity contribution is 7.90. The van der Waals surface area contributed by atoms with Crippen LogP contribution in [0, 0.1) is 10.1 Å². The maximum absolute atomic E-state index is 12.4. The fourth-order valence-corrected chi connectivity index (χ4v) is 3.38. The van der Waals surface area contributed by atoms with Gasteiger partial charge in [0.15, 0.2) is 9.84 Å². The van der Waals surface area contributed by atoms with Gasteiger partial charge in [0, 0.05) is 17.7 Å². The smallest absolute Gasteiger partial charge is 0.270 e. The third-order valence-corrected chi connectivity index (χ3v) is 4.73. The molecule has 8 heteroatoms. The fraction of sp³-hybridized carbons (Fsp3) is 0.200. The second kappa shape index (κ2) is 7.21. The summed E-state index contributed by atoms with van der Waals surface area (Å²) in [7, 11) is -3.67. The van der Waals surface area contributed by atoms with Crippen LogP contribution in [0.15, 0.2) is 53.4 Å². The summed E-state index contributed by atoms with van der Waals surface area (Å²) in [4.78, 5) is 10.4. The molecule has 2 aromatic rings. The van der Waals surface area contributed by atoms with E-state index >= 15 is 0 Å². The minimum absolute atomic E-state index is 0.0316. The molecule has 2 aromatic carbocycles. The number of nitro groups is 1. The standard InChI is InChI=1S/C15H15NO6S/c17-8-9-22-15-7-6-13(16(18)19)10-12(15)11-23(20,21)14-4-2-1-3-5-14/h1-7,10,17H,8-9,11H2. The first-order valence-electron chi connectivity index (χ1n) is 6.73. The van der Waals surface area contributed by atoms with Gasteiger partial charge in [-0.3, -0.25) is 10.1 Å². The summed E-state index contributed by atoms with van der Waals surface area (Å²) in [6.07, 6.45) is 0. The van der Waals surface area contributed by atoms with Crippen molar-refractivity contribution in [2.75, 3.05) is 13.2 Å². The summed E-state index contributed by atoms with van der Waals surface area (Å²) >= 11 is 0. The molecule has 0 unspecified atom stereocenters. The number of ether oxygens (including phenoxy) is 1. The summed E-state index contributed by atoms with van der Waals surface area (Å²) in [6.45, 7) is -0.280. The van der Waals surface area contributed by atoms with Crippen LogP contribution in [0.2, 0.25) is 0 Å². The van der Waals surface area contributed by atoms with Crippen molar-refractivity contribution in [2.24, 2.45) is 0 Å². The van der Waals surface area contributed by atoms with Crippen molar-refractivity contribution in [3.05, 3.63) is 64.2 Å². The monoisotopic (exact) mass is 337 g/mol. The van der Waals surface area contributed by atoms with Gasteiger partial charge >= 0.3 is 0 Å². The molecule has 0 aliphatic carbocycles. The zero-order valence-corrected chi connectivity index (χ0v) is 12.9. The molecule has 7 nitrogen and oxygen atoms in total. The lowest BCUT2D eigenvalue weighted by Gasteiger charge is -2.11. The van der Waals surface area contributed by atoms with Crippen LogP contribution in [0.5, 0.6) is 5.75 Å².